The van der Waals surface area contributed by atoms with Crippen LogP contribution in [-0.2, 0) is 9.59 Å². The van der Waals surface area contributed by atoms with Crippen LogP contribution in [0.15, 0.2) is 0 Å². The van der Waals surface area contributed by atoms with Gasteiger partial charge in [-0.05, 0) is 6.92 Å². The second-order valence-corrected chi connectivity index (χ2v) is 5.09. The molecule has 0 aliphatic carbocycles. The van der Waals surface area contributed by atoms with E-state index in [4.69, 9.17) is 5.11 Å². The number of hydrogen-bond donors (Lipinski definition) is 3. The first-order valence-electron chi connectivity index (χ1n) is 5.60. The van der Waals surface area contributed by atoms with Crippen LogP contribution in [0.25, 0.3) is 0 Å². The van der Waals surface area contributed by atoms with Crippen LogP contribution in [0.5, 0.6) is 0 Å². The maximum Gasteiger partial charge on any atom is 0.265 e. The molecule has 0 fully saturated rings. The van der Waals surface area contributed by atoms with Crippen molar-refractivity contribution < 1.29 is 23.5 Å². The zero-order valence-electron chi connectivity index (χ0n) is 11.0. The first-order valence-corrected chi connectivity index (χ1v) is 5.60. The molecule has 0 rings (SSSR count). The number of carbonyl (C=O) groups is 2. The Hall–Kier alpha value is -1.24. The number of aliphatic hydroxyl groups is 1. The lowest BCUT2D eigenvalue weighted by atomic mass is 9.95. The van der Waals surface area contributed by atoms with Gasteiger partial charge >= 0.3 is 0 Å². The van der Waals surface area contributed by atoms with Gasteiger partial charge in [0.25, 0.3) is 6.43 Å². The van der Waals surface area contributed by atoms with E-state index in [0.717, 1.165) is 0 Å². The van der Waals surface area contributed by atoms with E-state index in [9.17, 15) is 18.4 Å². The van der Waals surface area contributed by atoms with Gasteiger partial charge in [0.05, 0.1) is 0 Å². The number of carbonyl (C=O) groups excluding carboxylic acids is 2. The Balaban J connectivity index is 4.16. The standard InChI is InChI=1S/C11H20F2N2O3/c1-6(15-10(18)11(2,3)4)9(17)14-5-7(16)8(12)13/h6-8,16H,5H2,1-4H3,(H,14,17)(H,15,18). The summed E-state index contributed by atoms with van der Waals surface area (Å²) in [5.74, 6) is -0.938. The number of rotatable bonds is 5. The van der Waals surface area contributed by atoms with Gasteiger partial charge in [0.2, 0.25) is 11.8 Å². The molecule has 0 bridgehead atoms. The van der Waals surface area contributed by atoms with Crippen LogP contribution in [0.1, 0.15) is 27.7 Å². The van der Waals surface area contributed by atoms with Gasteiger partial charge in [-0.25, -0.2) is 8.78 Å². The molecule has 0 aromatic heterocycles. The quantitative estimate of drug-likeness (QED) is 0.669. The van der Waals surface area contributed by atoms with Gasteiger partial charge in [-0.2, -0.15) is 0 Å². The molecule has 0 saturated carbocycles. The fraction of sp³-hybridized carbons (Fsp3) is 0.818. The van der Waals surface area contributed by atoms with Gasteiger partial charge in [0.1, 0.15) is 12.1 Å². The SMILES string of the molecule is CC(NC(=O)C(C)(C)C)C(=O)NCC(O)C(F)F. The topological polar surface area (TPSA) is 78.4 Å². The Morgan fingerprint density at radius 3 is 2.17 bits per heavy atom. The molecular formula is C11H20F2N2O3. The predicted octanol–water partition coefficient (Wildman–Crippen LogP) is 0.279. The molecule has 2 unspecified atom stereocenters. The lowest BCUT2D eigenvalue weighted by Gasteiger charge is -2.21. The normalized spacial score (nSPS) is 15.1. The van der Waals surface area contributed by atoms with E-state index < -0.39 is 36.4 Å². The van der Waals surface area contributed by atoms with Crippen molar-refractivity contribution in [2.24, 2.45) is 5.41 Å². The van der Waals surface area contributed by atoms with E-state index >= 15 is 0 Å². The second-order valence-electron chi connectivity index (χ2n) is 5.09. The Morgan fingerprint density at radius 2 is 1.78 bits per heavy atom. The second kappa shape index (κ2) is 6.63. The maximum atomic E-state index is 12.0. The van der Waals surface area contributed by atoms with E-state index in [0.29, 0.717) is 0 Å². The summed E-state index contributed by atoms with van der Waals surface area (Å²) in [4.78, 5) is 23.0. The number of halogens is 2. The molecule has 2 amide bonds. The minimum atomic E-state index is -2.91. The summed E-state index contributed by atoms with van der Waals surface area (Å²) in [5, 5.41) is 13.4. The molecule has 7 heteroatoms. The van der Waals surface area contributed by atoms with Crippen LogP contribution < -0.4 is 10.6 Å². The molecule has 2 atom stereocenters. The van der Waals surface area contributed by atoms with Gasteiger partial charge < -0.3 is 15.7 Å². The predicted molar refractivity (Wildman–Crippen MR) is 62.1 cm³/mol. The molecule has 0 radical (unpaired) electrons. The van der Waals surface area contributed by atoms with Crippen molar-refractivity contribution in [2.75, 3.05) is 6.54 Å². The largest absolute Gasteiger partial charge is 0.385 e. The van der Waals surface area contributed by atoms with Crippen molar-refractivity contribution in [3.63, 3.8) is 0 Å². The summed E-state index contributed by atoms with van der Waals surface area (Å²) in [6.07, 6.45) is -4.82. The molecule has 0 saturated heterocycles. The summed E-state index contributed by atoms with van der Waals surface area (Å²) >= 11 is 0. The van der Waals surface area contributed by atoms with Crippen molar-refractivity contribution in [3.8, 4) is 0 Å². The number of alkyl halides is 2. The van der Waals surface area contributed by atoms with Gasteiger partial charge in [-0.15, -0.1) is 0 Å². The van der Waals surface area contributed by atoms with E-state index in [1.807, 2.05) is 0 Å². The van der Waals surface area contributed by atoms with Gasteiger partial charge in [0.15, 0.2) is 0 Å². The monoisotopic (exact) mass is 266 g/mol. The third-order valence-electron chi connectivity index (χ3n) is 2.20. The number of hydrogen-bond acceptors (Lipinski definition) is 3. The van der Waals surface area contributed by atoms with Gasteiger partial charge in [-0.3, -0.25) is 9.59 Å². The smallest absolute Gasteiger partial charge is 0.265 e. The average Bonchev–Trinajstić information content (AvgIpc) is 2.23. The summed E-state index contributed by atoms with van der Waals surface area (Å²) in [6, 6.07) is -0.846. The highest BCUT2D eigenvalue weighted by molar-refractivity contribution is 5.89. The molecule has 0 spiro atoms. The fourth-order valence-electron chi connectivity index (χ4n) is 0.926. The molecule has 0 heterocycles. The fourth-order valence-corrected chi connectivity index (χ4v) is 0.926. The lowest BCUT2D eigenvalue weighted by Crippen LogP contribution is -2.49. The molecular weight excluding hydrogens is 246 g/mol. The Labute approximate surface area is 105 Å². The van der Waals surface area contributed by atoms with E-state index in [2.05, 4.69) is 10.6 Å². The van der Waals surface area contributed by atoms with Crippen LogP contribution in [0, 0.1) is 5.41 Å². The van der Waals surface area contributed by atoms with E-state index in [-0.39, 0.29) is 5.91 Å². The van der Waals surface area contributed by atoms with Crippen molar-refractivity contribution in [1.29, 1.82) is 0 Å². The van der Waals surface area contributed by atoms with Crippen LogP contribution in [0.4, 0.5) is 8.78 Å². The molecule has 0 aromatic carbocycles. The highest BCUT2D eigenvalue weighted by Crippen LogP contribution is 2.12. The summed E-state index contributed by atoms with van der Waals surface area (Å²) in [7, 11) is 0. The van der Waals surface area contributed by atoms with Crippen molar-refractivity contribution >= 4 is 11.8 Å². The van der Waals surface area contributed by atoms with Gasteiger partial charge in [0, 0.05) is 12.0 Å². The molecule has 0 aromatic rings. The minimum Gasteiger partial charge on any atom is -0.385 e. The zero-order valence-corrected chi connectivity index (χ0v) is 11.0. The summed E-state index contributed by atoms with van der Waals surface area (Å²) < 4.78 is 24.0. The lowest BCUT2D eigenvalue weighted by molar-refractivity contribution is -0.133. The third kappa shape index (κ3) is 5.90. The minimum absolute atomic E-state index is 0.320. The van der Waals surface area contributed by atoms with Crippen LogP contribution in [0.2, 0.25) is 0 Å². The first-order chi connectivity index (χ1) is 8.05. The number of aliphatic hydroxyl groups excluding tert-OH is 1. The zero-order chi connectivity index (χ0) is 14.5. The highest BCUT2D eigenvalue weighted by atomic mass is 19.3. The first kappa shape index (κ1) is 16.8. The Kier molecular flexibility index (Phi) is 6.17. The van der Waals surface area contributed by atoms with Crippen molar-refractivity contribution in [3.05, 3.63) is 0 Å². The number of nitrogens with one attached hydrogen (secondary N) is 2. The summed E-state index contributed by atoms with van der Waals surface area (Å²) in [5.41, 5.74) is -0.642. The highest BCUT2D eigenvalue weighted by Gasteiger charge is 2.25. The maximum absolute atomic E-state index is 12.0. The average molecular weight is 266 g/mol. The van der Waals surface area contributed by atoms with Crippen molar-refractivity contribution in [1.82, 2.24) is 10.6 Å². The molecule has 0 aliphatic rings. The van der Waals surface area contributed by atoms with Crippen LogP contribution in [0.3, 0.4) is 0 Å². The molecule has 3 N–H and O–H groups in total. The van der Waals surface area contributed by atoms with E-state index in [1.54, 1.807) is 20.8 Å². The van der Waals surface area contributed by atoms with E-state index in [1.165, 1.54) is 6.92 Å². The molecule has 0 aliphatic heterocycles. The van der Waals surface area contributed by atoms with Gasteiger partial charge in [-0.1, -0.05) is 20.8 Å². The van der Waals surface area contributed by atoms with Crippen molar-refractivity contribution in [2.45, 2.75) is 46.3 Å². The Bertz CT molecular complexity index is 303. The Morgan fingerprint density at radius 1 is 1.28 bits per heavy atom. The van der Waals surface area contributed by atoms with Crippen LogP contribution >= 0.6 is 0 Å². The van der Waals surface area contributed by atoms with Crippen LogP contribution in [-0.4, -0.2) is 42.0 Å². The molecule has 5 nitrogen and oxygen atoms in total. The third-order valence-corrected chi connectivity index (χ3v) is 2.20. The molecule has 18 heavy (non-hydrogen) atoms. The molecule has 106 valence electrons. The number of amides is 2. The summed E-state index contributed by atoms with van der Waals surface area (Å²) in [6.45, 7) is 5.95.